The monoisotopic (exact) mass is 638 g/mol. The molecule has 8 nitrogen and oxygen atoms in total. The van der Waals surface area contributed by atoms with Crippen molar-refractivity contribution in [3.05, 3.63) is 109 Å². The number of ether oxygens (including phenoxy) is 4. The summed E-state index contributed by atoms with van der Waals surface area (Å²) in [5, 5.41) is 2.30. The molecule has 0 aliphatic rings. The van der Waals surface area contributed by atoms with Crippen LogP contribution in [0.2, 0.25) is 0 Å². The Bertz CT molecular complexity index is 1400. The molecule has 0 radical (unpaired) electrons. The van der Waals surface area contributed by atoms with Crippen molar-refractivity contribution in [3.8, 4) is 11.5 Å². The maximum atomic E-state index is 14.0. The van der Waals surface area contributed by atoms with Crippen LogP contribution in [-0.2, 0) is 27.7 Å². The molecule has 0 saturated carbocycles. The molecular weight excluding hydrogens is 598 g/mol. The van der Waals surface area contributed by atoms with Crippen LogP contribution in [0.3, 0.4) is 0 Å². The number of hydrogen-bond donors (Lipinski definition) is 0. The number of para-hydroxylation sites is 2. The third kappa shape index (κ3) is 8.70. The van der Waals surface area contributed by atoms with Gasteiger partial charge < -0.3 is 28.0 Å². The molecule has 4 rings (SSSR count). The maximum absolute atomic E-state index is 14.0. The summed E-state index contributed by atoms with van der Waals surface area (Å²) in [5.41, 5.74) is 0. The van der Waals surface area contributed by atoms with Gasteiger partial charge in [0.2, 0.25) is 0 Å². The SMILES string of the molecule is CCO[P@@](=O)(c1ccccc1)c1ccccc1OCCOCCOCCOc1ccccc1[P@@](=O)(OCC)c1ccccc1. The Balaban J connectivity index is 1.21. The predicted molar refractivity (Wildman–Crippen MR) is 175 cm³/mol. The molecule has 4 aromatic carbocycles. The molecule has 2 atom stereocenters. The van der Waals surface area contributed by atoms with Crippen LogP contribution in [0.4, 0.5) is 0 Å². The third-order valence-electron chi connectivity index (χ3n) is 6.52. The van der Waals surface area contributed by atoms with Gasteiger partial charge in [0.1, 0.15) is 24.7 Å². The summed E-state index contributed by atoms with van der Waals surface area (Å²) in [6, 6.07) is 32.9. The first-order chi connectivity index (χ1) is 21.5. The first-order valence-electron chi connectivity index (χ1n) is 14.7. The minimum Gasteiger partial charge on any atom is -0.490 e. The van der Waals surface area contributed by atoms with Crippen molar-refractivity contribution < 1.29 is 37.1 Å². The van der Waals surface area contributed by atoms with Crippen LogP contribution in [0.15, 0.2) is 109 Å². The van der Waals surface area contributed by atoms with Gasteiger partial charge in [-0.1, -0.05) is 60.7 Å². The topological polar surface area (TPSA) is 89.5 Å². The fourth-order valence-corrected chi connectivity index (χ4v) is 8.98. The van der Waals surface area contributed by atoms with Gasteiger partial charge in [0.25, 0.3) is 14.7 Å². The van der Waals surface area contributed by atoms with E-state index < -0.39 is 14.7 Å². The molecule has 10 heteroatoms. The Labute approximate surface area is 260 Å². The zero-order chi connectivity index (χ0) is 31.1. The molecule has 0 aromatic heterocycles. The van der Waals surface area contributed by atoms with Crippen molar-refractivity contribution >= 4 is 36.0 Å². The quantitative estimate of drug-likeness (QED) is 0.0954. The van der Waals surface area contributed by atoms with Crippen molar-refractivity contribution in [1.29, 1.82) is 0 Å². The van der Waals surface area contributed by atoms with E-state index in [4.69, 9.17) is 28.0 Å². The molecule has 4 aromatic rings. The minimum absolute atomic E-state index is 0.277. The van der Waals surface area contributed by atoms with E-state index >= 15 is 0 Å². The second-order valence-corrected chi connectivity index (χ2v) is 14.2. The molecule has 0 bridgehead atoms. The second kappa shape index (κ2) is 17.3. The Morgan fingerprint density at radius 2 is 0.795 bits per heavy atom. The molecule has 0 aliphatic heterocycles. The highest BCUT2D eigenvalue weighted by atomic mass is 31.2. The molecule has 0 aliphatic carbocycles. The van der Waals surface area contributed by atoms with E-state index in [0.717, 1.165) is 0 Å². The number of rotatable bonds is 19. The zero-order valence-electron chi connectivity index (χ0n) is 25.2. The van der Waals surface area contributed by atoms with Crippen LogP contribution in [0.1, 0.15) is 13.8 Å². The Hall–Kier alpha value is -3.22. The molecule has 0 fully saturated rings. The number of benzene rings is 4. The van der Waals surface area contributed by atoms with Crippen molar-refractivity contribution in [1.82, 2.24) is 0 Å². The van der Waals surface area contributed by atoms with Crippen LogP contribution in [-0.4, -0.2) is 52.9 Å². The van der Waals surface area contributed by atoms with E-state index in [1.165, 1.54) is 0 Å². The van der Waals surface area contributed by atoms with E-state index in [-0.39, 0.29) is 13.2 Å². The van der Waals surface area contributed by atoms with Crippen LogP contribution < -0.4 is 30.7 Å². The lowest BCUT2D eigenvalue weighted by Crippen LogP contribution is -2.22. The summed E-state index contributed by atoms with van der Waals surface area (Å²) in [7, 11) is -6.63. The Kier molecular flexibility index (Phi) is 13.2. The standard InChI is InChI=1S/C34H40O8P2/c1-3-41-43(35,29-15-7-5-8-16-29)33-21-13-11-19-31(33)39-27-25-37-23-24-38-26-28-40-32-20-12-14-22-34(32)44(36,42-4-2)30-17-9-6-10-18-30/h5-22H,3-4,23-28H2,1-2H3/t43-,44-/m0/s1. The van der Waals surface area contributed by atoms with E-state index in [1.54, 1.807) is 24.3 Å². The first kappa shape index (κ1) is 33.7. The highest BCUT2D eigenvalue weighted by Gasteiger charge is 2.32. The Morgan fingerprint density at radius 3 is 1.18 bits per heavy atom. The Morgan fingerprint density at radius 1 is 0.455 bits per heavy atom. The smallest absolute Gasteiger partial charge is 0.264 e. The minimum atomic E-state index is -3.31. The predicted octanol–water partition coefficient (Wildman–Crippen LogP) is 5.71. The van der Waals surface area contributed by atoms with Gasteiger partial charge in [-0.15, -0.1) is 0 Å². The molecule has 234 valence electrons. The summed E-state index contributed by atoms with van der Waals surface area (Å²) in [6.07, 6.45) is 0. The number of hydrogen-bond acceptors (Lipinski definition) is 8. The third-order valence-corrected chi connectivity index (χ3v) is 11.7. The average Bonchev–Trinajstić information content (AvgIpc) is 3.07. The van der Waals surface area contributed by atoms with Gasteiger partial charge in [0.05, 0.1) is 50.3 Å². The largest absolute Gasteiger partial charge is 0.490 e. The van der Waals surface area contributed by atoms with Crippen LogP contribution in [0.5, 0.6) is 11.5 Å². The van der Waals surface area contributed by atoms with Crippen molar-refractivity contribution in [2.75, 3.05) is 52.9 Å². The summed E-state index contributed by atoms with van der Waals surface area (Å²) < 4.78 is 62.8. The molecule has 0 heterocycles. The average molecular weight is 639 g/mol. The van der Waals surface area contributed by atoms with Gasteiger partial charge in [-0.2, -0.15) is 0 Å². The molecule has 0 N–H and O–H groups in total. The van der Waals surface area contributed by atoms with E-state index in [1.807, 2.05) is 98.8 Å². The summed E-state index contributed by atoms with van der Waals surface area (Å²) >= 11 is 0. The van der Waals surface area contributed by atoms with Gasteiger partial charge >= 0.3 is 0 Å². The highest BCUT2D eigenvalue weighted by Crippen LogP contribution is 2.48. The lowest BCUT2D eigenvalue weighted by molar-refractivity contribution is 0.0275. The van der Waals surface area contributed by atoms with Gasteiger partial charge in [-0.25, -0.2) is 0 Å². The van der Waals surface area contributed by atoms with Crippen molar-refractivity contribution in [3.63, 3.8) is 0 Å². The van der Waals surface area contributed by atoms with Gasteiger partial charge in [0.15, 0.2) is 0 Å². The summed E-state index contributed by atoms with van der Waals surface area (Å²) in [6.45, 7) is 6.23. The van der Waals surface area contributed by atoms with Gasteiger partial charge in [-0.05, 0) is 62.4 Å². The van der Waals surface area contributed by atoms with Crippen LogP contribution in [0, 0.1) is 0 Å². The van der Waals surface area contributed by atoms with E-state index in [0.29, 0.717) is 72.4 Å². The molecule has 0 unspecified atom stereocenters. The summed E-state index contributed by atoms with van der Waals surface area (Å²) in [4.78, 5) is 0. The van der Waals surface area contributed by atoms with Crippen molar-refractivity contribution in [2.45, 2.75) is 13.8 Å². The molecule has 0 spiro atoms. The highest BCUT2D eigenvalue weighted by molar-refractivity contribution is 7.75. The molecule has 0 amide bonds. The van der Waals surface area contributed by atoms with Crippen molar-refractivity contribution in [2.24, 2.45) is 0 Å². The lowest BCUT2D eigenvalue weighted by atomic mass is 10.3. The van der Waals surface area contributed by atoms with Gasteiger partial charge in [-0.3, -0.25) is 9.13 Å². The molecule has 0 saturated heterocycles. The van der Waals surface area contributed by atoms with Crippen LogP contribution >= 0.6 is 14.7 Å². The maximum Gasteiger partial charge on any atom is 0.264 e. The first-order valence-corrected chi connectivity index (χ1v) is 18.0. The van der Waals surface area contributed by atoms with Gasteiger partial charge in [0, 0.05) is 10.6 Å². The molecular formula is C34H40O8P2. The second-order valence-electron chi connectivity index (χ2n) is 9.47. The van der Waals surface area contributed by atoms with E-state index in [9.17, 15) is 9.13 Å². The fourth-order valence-electron chi connectivity index (χ4n) is 4.57. The fraction of sp³-hybridized carbons (Fsp3) is 0.294. The normalized spacial score (nSPS) is 14.0. The zero-order valence-corrected chi connectivity index (χ0v) is 27.0. The molecule has 44 heavy (non-hydrogen) atoms. The summed E-state index contributed by atoms with van der Waals surface area (Å²) in [5.74, 6) is 1.01. The van der Waals surface area contributed by atoms with E-state index in [2.05, 4.69) is 0 Å². The lowest BCUT2D eigenvalue weighted by Gasteiger charge is -2.21. The van der Waals surface area contributed by atoms with Crippen LogP contribution in [0.25, 0.3) is 0 Å².